The highest BCUT2D eigenvalue weighted by Gasteiger charge is 2.09. The predicted molar refractivity (Wildman–Crippen MR) is 121 cm³/mol. The number of amides is 1. The lowest BCUT2D eigenvalue weighted by atomic mass is 10.1. The minimum atomic E-state index is -0.407. The van der Waals surface area contributed by atoms with Crippen molar-refractivity contribution in [3.63, 3.8) is 0 Å². The molecule has 0 saturated heterocycles. The number of aryl methyl sites for hydroxylation is 2. The molecule has 31 heavy (non-hydrogen) atoms. The average Bonchev–Trinajstić information content (AvgIpc) is 2.77. The lowest BCUT2D eigenvalue weighted by Crippen LogP contribution is -2.25. The molecular weight excluding hydrogens is 392 g/mol. The Labute approximate surface area is 181 Å². The molecule has 0 aliphatic rings. The Morgan fingerprint density at radius 2 is 1.68 bits per heavy atom. The second kappa shape index (κ2) is 10.2. The van der Waals surface area contributed by atoms with Gasteiger partial charge in [-0.15, -0.1) is 0 Å². The van der Waals surface area contributed by atoms with E-state index < -0.39 is 5.91 Å². The summed E-state index contributed by atoms with van der Waals surface area (Å²) in [5.41, 5.74) is 7.13. The monoisotopic (exact) mass is 416 g/mol. The molecule has 0 bridgehead atoms. The molecular formula is C24H24N4O3. The van der Waals surface area contributed by atoms with Crippen LogP contribution in [0.5, 0.6) is 11.5 Å². The highest BCUT2D eigenvalue weighted by molar-refractivity contribution is 5.86. The van der Waals surface area contributed by atoms with Gasteiger partial charge in [0.1, 0.15) is 11.5 Å². The summed E-state index contributed by atoms with van der Waals surface area (Å²) >= 11 is 0. The first-order valence-corrected chi connectivity index (χ1v) is 9.75. The lowest BCUT2D eigenvalue weighted by Gasteiger charge is -2.13. The number of carbonyl (C=O) groups excluding carboxylic acids is 1. The maximum atomic E-state index is 12.1. The highest BCUT2D eigenvalue weighted by atomic mass is 16.5. The Bertz CT molecular complexity index is 1130. The van der Waals surface area contributed by atoms with E-state index >= 15 is 0 Å². The van der Waals surface area contributed by atoms with Crippen molar-refractivity contribution in [1.82, 2.24) is 5.43 Å². The number of ether oxygens (including phenoxy) is 1. The molecule has 0 radical (unpaired) electrons. The predicted octanol–water partition coefficient (Wildman–Crippen LogP) is 5.26. The fourth-order valence-electron chi connectivity index (χ4n) is 2.81. The standard InChI is InChI=1S/C24H24N4O3/c1-16-9-10-17(2)24(18(16)3)31-15-23(30)28-25-14-19-13-21(11-12-22(19)29)27-26-20-7-5-4-6-8-20/h4-14,29H,15H2,1-3H3,(H,28,30). The molecule has 1 amide bonds. The van der Waals surface area contributed by atoms with Gasteiger partial charge < -0.3 is 9.84 Å². The van der Waals surface area contributed by atoms with Crippen LogP contribution in [0.2, 0.25) is 0 Å². The number of nitrogens with zero attached hydrogens (tertiary/aromatic N) is 3. The first kappa shape index (κ1) is 21.7. The van der Waals surface area contributed by atoms with E-state index in [0.717, 1.165) is 22.4 Å². The molecule has 3 rings (SSSR count). The van der Waals surface area contributed by atoms with E-state index in [1.54, 1.807) is 12.1 Å². The summed E-state index contributed by atoms with van der Waals surface area (Å²) in [5.74, 6) is 0.308. The van der Waals surface area contributed by atoms with Crippen LogP contribution in [0.25, 0.3) is 0 Å². The molecule has 0 unspecified atom stereocenters. The van der Waals surface area contributed by atoms with Crippen molar-refractivity contribution in [3.05, 3.63) is 82.9 Å². The Morgan fingerprint density at radius 1 is 0.968 bits per heavy atom. The summed E-state index contributed by atoms with van der Waals surface area (Å²) in [7, 11) is 0. The van der Waals surface area contributed by atoms with Crippen molar-refractivity contribution >= 4 is 23.5 Å². The Balaban J connectivity index is 1.59. The van der Waals surface area contributed by atoms with E-state index in [-0.39, 0.29) is 12.4 Å². The second-order valence-corrected chi connectivity index (χ2v) is 7.01. The van der Waals surface area contributed by atoms with Gasteiger partial charge in [0.2, 0.25) is 0 Å². The Kier molecular flexibility index (Phi) is 7.11. The summed E-state index contributed by atoms with van der Waals surface area (Å²) in [5, 5.41) is 22.2. The summed E-state index contributed by atoms with van der Waals surface area (Å²) in [4.78, 5) is 12.1. The van der Waals surface area contributed by atoms with Crippen LogP contribution in [0.15, 0.2) is 76.0 Å². The molecule has 7 heteroatoms. The van der Waals surface area contributed by atoms with Gasteiger partial charge in [-0.25, -0.2) is 5.43 Å². The van der Waals surface area contributed by atoms with Gasteiger partial charge in [0, 0.05) is 5.56 Å². The fraction of sp³-hybridized carbons (Fsp3) is 0.167. The zero-order valence-electron chi connectivity index (χ0n) is 17.7. The smallest absolute Gasteiger partial charge is 0.277 e. The summed E-state index contributed by atoms with van der Waals surface area (Å²) in [6.45, 7) is 5.72. The van der Waals surface area contributed by atoms with Crippen molar-refractivity contribution < 1.29 is 14.6 Å². The maximum Gasteiger partial charge on any atom is 0.277 e. The van der Waals surface area contributed by atoms with Crippen molar-refractivity contribution in [3.8, 4) is 11.5 Å². The topological polar surface area (TPSA) is 95.6 Å². The van der Waals surface area contributed by atoms with Crippen molar-refractivity contribution in [2.75, 3.05) is 6.61 Å². The molecule has 0 aliphatic carbocycles. The number of hydrogen-bond donors (Lipinski definition) is 2. The van der Waals surface area contributed by atoms with Gasteiger partial charge in [-0.3, -0.25) is 4.79 Å². The third kappa shape index (κ3) is 5.99. The van der Waals surface area contributed by atoms with Crippen LogP contribution in [0.1, 0.15) is 22.3 Å². The largest absolute Gasteiger partial charge is 0.507 e. The van der Waals surface area contributed by atoms with Gasteiger partial charge >= 0.3 is 0 Å². The number of carbonyl (C=O) groups is 1. The number of rotatable bonds is 7. The zero-order valence-corrected chi connectivity index (χ0v) is 17.7. The zero-order chi connectivity index (χ0) is 22.2. The van der Waals surface area contributed by atoms with Crippen molar-refractivity contribution in [2.24, 2.45) is 15.3 Å². The molecule has 0 aromatic heterocycles. The normalized spacial score (nSPS) is 11.2. The van der Waals surface area contributed by atoms with Crippen LogP contribution in [0, 0.1) is 20.8 Å². The first-order valence-electron chi connectivity index (χ1n) is 9.75. The van der Waals surface area contributed by atoms with Gasteiger partial charge in [-0.2, -0.15) is 15.3 Å². The molecule has 3 aromatic carbocycles. The summed E-state index contributed by atoms with van der Waals surface area (Å²) in [6.07, 6.45) is 1.35. The van der Waals surface area contributed by atoms with Gasteiger partial charge in [0.15, 0.2) is 6.61 Å². The molecule has 0 heterocycles. The minimum Gasteiger partial charge on any atom is -0.507 e. The van der Waals surface area contributed by atoms with Crippen LogP contribution in [0.3, 0.4) is 0 Å². The maximum absolute atomic E-state index is 12.1. The lowest BCUT2D eigenvalue weighted by molar-refractivity contribution is -0.123. The molecule has 0 spiro atoms. The third-order valence-corrected chi connectivity index (χ3v) is 4.66. The van der Waals surface area contributed by atoms with Gasteiger partial charge in [-0.1, -0.05) is 30.3 Å². The third-order valence-electron chi connectivity index (χ3n) is 4.66. The van der Waals surface area contributed by atoms with Gasteiger partial charge in [0.05, 0.1) is 17.6 Å². The molecule has 3 aromatic rings. The van der Waals surface area contributed by atoms with E-state index in [9.17, 15) is 9.90 Å². The number of aromatic hydroxyl groups is 1. The van der Waals surface area contributed by atoms with Gasteiger partial charge in [0.25, 0.3) is 5.91 Å². The fourth-order valence-corrected chi connectivity index (χ4v) is 2.81. The molecule has 158 valence electrons. The van der Waals surface area contributed by atoms with Gasteiger partial charge in [-0.05, 0) is 67.8 Å². The van der Waals surface area contributed by atoms with Crippen LogP contribution in [0.4, 0.5) is 11.4 Å². The number of benzene rings is 3. The minimum absolute atomic E-state index is 0.0129. The van der Waals surface area contributed by atoms with E-state index in [2.05, 4.69) is 20.8 Å². The summed E-state index contributed by atoms with van der Waals surface area (Å²) in [6, 6.07) is 18.0. The quantitative estimate of drug-likeness (QED) is 0.312. The number of hydrazone groups is 1. The van der Waals surface area contributed by atoms with Crippen molar-refractivity contribution in [2.45, 2.75) is 20.8 Å². The molecule has 0 saturated carbocycles. The summed E-state index contributed by atoms with van der Waals surface area (Å²) < 4.78 is 5.67. The van der Waals surface area contributed by atoms with Crippen LogP contribution in [-0.2, 0) is 4.79 Å². The molecule has 0 aliphatic heterocycles. The molecule has 0 fully saturated rings. The van der Waals surface area contributed by atoms with Crippen LogP contribution in [-0.4, -0.2) is 23.8 Å². The van der Waals surface area contributed by atoms with E-state index in [0.29, 0.717) is 17.0 Å². The van der Waals surface area contributed by atoms with Crippen LogP contribution >= 0.6 is 0 Å². The number of hydrogen-bond acceptors (Lipinski definition) is 6. The molecule has 0 atom stereocenters. The van der Waals surface area contributed by atoms with Crippen LogP contribution < -0.4 is 10.2 Å². The number of phenols is 1. The first-order chi connectivity index (χ1) is 14.9. The Hall–Kier alpha value is -4.00. The number of phenolic OH excluding ortho intramolecular Hbond substituents is 1. The SMILES string of the molecule is Cc1ccc(C)c(OCC(=O)NN=Cc2cc(N=Nc3ccccc3)ccc2O)c1C. The van der Waals surface area contributed by atoms with E-state index in [1.807, 2.05) is 63.2 Å². The average molecular weight is 416 g/mol. The number of azo groups is 1. The molecule has 2 N–H and O–H groups in total. The van der Waals surface area contributed by atoms with E-state index in [4.69, 9.17) is 4.74 Å². The van der Waals surface area contributed by atoms with Crippen molar-refractivity contribution in [1.29, 1.82) is 0 Å². The highest BCUT2D eigenvalue weighted by Crippen LogP contribution is 2.26. The molecule has 7 nitrogen and oxygen atoms in total. The Morgan fingerprint density at radius 3 is 2.45 bits per heavy atom. The number of nitrogens with one attached hydrogen (secondary N) is 1. The van der Waals surface area contributed by atoms with E-state index in [1.165, 1.54) is 12.3 Å². The second-order valence-electron chi connectivity index (χ2n) is 7.01.